The van der Waals surface area contributed by atoms with Gasteiger partial charge in [-0.25, -0.2) is 4.98 Å². The number of aromatic nitrogens is 1. The Morgan fingerprint density at radius 1 is 1.53 bits per heavy atom. The van der Waals surface area contributed by atoms with Crippen molar-refractivity contribution in [1.82, 2.24) is 4.98 Å². The lowest BCUT2D eigenvalue weighted by Crippen LogP contribution is -2.32. The van der Waals surface area contributed by atoms with Gasteiger partial charge in [0.1, 0.15) is 0 Å². The zero-order valence-corrected chi connectivity index (χ0v) is 8.06. The molecule has 0 bridgehead atoms. The monoisotopic (exact) mass is 211 g/mol. The Morgan fingerprint density at radius 2 is 2.27 bits per heavy atom. The van der Waals surface area contributed by atoms with Gasteiger partial charge in [-0.1, -0.05) is 0 Å². The van der Waals surface area contributed by atoms with E-state index in [1.165, 1.54) is 12.3 Å². The first-order valence-electron chi connectivity index (χ1n) is 4.82. The van der Waals surface area contributed by atoms with Gasteiger partial charge in [-0.05, 0) is 24.8 Å². The second kappa shape index (κ2) is 4.16. The third kappa shape index (κ3) is 2.46. The third-order valence-electron chi connectivity index (χ3n) is 2.33. The minimum Gasteiger partial charge on any atom is -0.489 e. The van der Waals surface area contributed by atoms with Crippen LogP contribution >= 0.6 is 0 Å². The molecule has 1 heterocycles. The molecule has 0 radical (unpaired) electrons. The number of halogens is 1. The first kappa shape index (κ1) is 10.4. The van der Waals surface area contributed by atoms with Crippen molar-refractivity contribution < 1.29 is 19.2 Å². The second-order valence-electron chi connectivity index (χ2n) is 3.65. The maximum atomic E-state index is 13.2. The Labute approximate surface area is 86.9 Å². The van der Waals surface area contributed by atoms with Gasteiger partial charge in [0.15, 0.2) is 5.75 Å². The van der Waals surface area contributed by atoms with E-state index in [4.69, 9.17) is 14.8 Å². The number of pyridine rings is 1. The average Bonchev–Trinajstić information content (AvgIpc) is 2.99. The lowest BCUT2D eigenvalue weighted by Gasteiger charge is -2.10. The summed E-state index contributed by atoms with van der Waals surface area (Å²) in [4.78, 5) is 3.41. The predicted octanol–water partition coefficient (Wildman–Crippen LogP) is -0.311. The lowest BCUT2D eigenvalue weighted by molar-refractivity contribution is 0.282. The first-order chi connectivity index (χ1) is 7.18. The summed E-state index contributed by atoms with van der Waals surface area (Å²) in [7, 11) is -1.74. The maximum absolute atomic E-state index is 13.2. The molecule has 0 amide bonds. The summed E-state index contributed by atoms with van der Waals surface area (Å²) in [5.74, 6) is -0.492. The SMILES string of the molecule is OB(O)c1ccnc(F)c1OCC1CC1. The summed E-state index contributed by atoms with van der Waals surface area (Å²) in [5, 5.41) is 18.0. The average molecular weight is 211 g/mol. The molecule has 1 saturated carbocycles. The molecule has 1 aliphatic carbocycles. The molecule has 1 fully saturated rings. The van der Waals surface area contributed by atoms with E-state index in [-0.39, 0.29) is 11.2 Å². The molecule has 80 valence electrons. The normalized spacial score (nSPS) is 15.1. The zero-order chi connectivity index (χ0) is 10.8. The van der Waals surface area contributed by atoms with Gasteiger partial charge in [0.2, 0.25) is 0 Å². The van der Waals surface area contributed by atoms with E-state index in [2.05, 4.69) is 4.98 Å². The molecule has 2 N–H and O–H groups in total. The lowest BCUT2D eigenvalue weighted by atomic mass is 9.80. The van der Waals surface area contributed by atoms with Crippen molar-refractivity contribution in [3.05, 3.63) is 18.2 Å². The Kier molecular flexibility index (Phi) is 2.88. The second-order valence-corrected chi connectivity index (χ2v) is 3.65. The molecule has 2 rings (SSSR count). The molecule has 6 heteroatoms. The highest BCUT2D eigenvalue weighted by molar-refractivity contribution is 6.59. The van der Waals surface area contributed by atoms with Gasteiger partial charge in [0.05, 0.1) is 6.61 Å². The standard InChI is InChI=1S/C9H11BFNO3/c11-9-8(15-5-6-1-2-6)7(10(13)14)3-4-12-9/h3-4,6,13-14H,1-2,5H2. The molecule has 1 aromatic heterocycles. The summed E-state index contributed by atoms with van der Waals surface area (Å²) < 4.78 is 18.4. The molecule has 15 heavy (non-hydrogen) atoms. The smallest absolute Gasteiger partial charge is 0.489 e. The first-order valence-corrected chi connectivity index (χ1v) is 4.82. The van der Waals surface area contributed by atoms with Crippen LogP contribution in [0.5, 0.6) is 5.75 Å². The van der Waals surface area contributed by atoms with E-state index in [9.17, 15) is 4.39 Å². The van der Waals surface area contributed by atoms with E-state index < -0.39 is 13.1 Å². The van der Waals surface area contributed by atoms with Crippen LogP contribution in [-0.2, 0) is 0 Å². The van der Waals surface area contributed by atoms with E-state index in [1.807, 2.05) is 0 Å². The van der Waals surface area contributed by atoms with Gasteiger partial charge < -0.3 is 14.8 Å². The van der Waals surface area contributed by atoms with Gasteiger partial charge >= 0.3 is 7.12 Å². The Hall–Kier alpha value is -1.14. The van der Waals surface area contributed by atoms with Crippen LogP contribution in [0.3, 0.4) is 0 Å². The summed E-state index contributed by atoms with van der Waals surface area (Å²) in [5.41, 5.74) is 0.0168. The quantitative estimate of drug-likeness (QED) is 0.529. The van der Waals surface area contributed by atoms with Gasteiger partial charge in [0.25, 0.3) is 5.95 Å². The molecular formula is C9H11BFNO3. The highest BCUT2D eigenvalue weighted by atomic mass is 19.1. The molecule has 0 spiro atoms. The fraction of sp³-hybridized carbons (Fsp3) is 0.444. The summed E-state index contributed by atoms with van der Waals surface area (Å²) in [6.45, 7) is 0.405. The molecule has 0 atom stereocenters. The van der Waals surface area contributed by atoms with Crippen molar-refractivity contribution in [3.63, 3.8) is 0 Å². The van der Waals surface area contributed by atoms with Gasteiger partial charge in [-0.15, -0.1) is 0 Å². The number of hydrogen-bond donors (Lipinski definition) is 2. The third-order valence-corrected chi connectivity index (χ3v) is 2.33. The van der Waals surface area contributed by atoms with Crippen molar-refractivity contribution >= 4 is 12.6 Å². The fourth-order valence-electron chi connectivity index (χ4n) is 1.27. The van der Waals surface area contributed by atoms with Gasteiger partial charge in [-0.2, -0.15) is 4.39 Å². The number of hydrogen-bond acceptors (Lipinski definition) is 4. The van der Waals surface area contributed by atoms with Crippen molar-refractivity contribution in [2.24, 2.45) is 5.92 Å². The fourth-order valence-corrected chi connectivity index (χ4v) is 1.27. The highest BCUT2D eigenvalue weighted by Crippen LogP contribution is 2.29. The van der Waals surface area contributed by atoms with Crippen molar-refractivity contribution in [3.8, 4) is 5.75 Å². The summed E-state index contributed by atoms with van der Waals surface area (Å²) in [6.07, 6.45) is 3.34. The van der Waals surface area contributed by atoms with Crippen LogP contribution < -0.4 is 10.2 Å². The topological polar surface area (TPSA) is 62.6 Å². The van der Waals surface area contributed by atoms with Crippen molar-refractivity contribution in [1.29, 1.82) is 0 Å². The summed E-state index contributed by atoms with van der Waals surface area (Å²) in [6, 6.07) is 1.33. The van der Waals surface area contributed by atoms with E-state index in [0.717, 1.165) is 12.8 Å². The van der Waals surface area contributed by atoms with Gasteiger partial charge in [-0.3, -0.25) is 0 Å². The molecule has 0 aliphatic heterocycles. The molecular weight excluding hydrogens is 200 g/mol. The number of nitrogens with zero attached hydrogens (tertiary/aromatic N) is 1. The predicted molar refractivity (Wildman–Crippen MR) is 52.2 cm³/mol. The van der Waals surface area contributed by atoms with Crippen LogP contribution in [0.4, 0.5) is 4.39 Å². The maximum Gasteiger partial charge on any atom is 0.492 e. The van der Waals surface area contributed by atoms with Crippen molar-refractivity contribution in [2.75, 3.05) is 6.61 Å². The molecule has 0 unspecified atom stereocenters. The highest BCUT2D eigenvalue weighted by Gasteiger charge is 2.25. The molecule has 0 saturated heterocycles. The Balaban J connectivity index is 2.16. The molecule has 0 aromatic carbocycles. The Bertz CT molecular complexity index is 357. The van der Waals surface area contributed by atoms with E-state index in [0.29, 0.717) is 12.5 Å². The molecule has 1 aliphatic rings. The van der Waals surface area contributed by atoms with E-state index in [1.54, 1.807) is 0 Å². The minimum atomic E-state index is -1.74. The van der Waals surface area contributed by atoms with Crippen LogP contribution in [0.1, 0.15) is 12.8 Å². The zero-order valence-electron chi connectivity index (χ0n) is 8.06. The van der Waals surface area contributed by atoms with Crippen LogP contribution in [-0.4, -0.2) is 28.8 Å². The number of ether oxygens (including phenoxy) is 1. The van der Waals surface area contributed by atoms with Gasteiger partial charge in [0, 0.05) is 11.7 Å². The summed E-state index contributed by atoms with van der Waals surface area (Å²) >= 11 is 0. The van der Waals surface area contributed by atoms with Crippen molar-refractivity contribution in [2.45, 2.75) is 12.8 Å². The molecule has 4 nitrogen and oxygen atoms in total. The largest absolute Gasteiger partial charge is 0.492 e. The van der Waals surface area contributed by atoms with Crippen LogP contribution in [0.15, 0.2) is 12.3 Å². The minimum absolute atomic E-state index is 0.0168. The molecule has 1 aromatic rings. The van der Waals surface area contributed by atoms with Crippen LogP contribution in [0.25, 0.3) is 0 Å². The Morgan fingerprint density at radius 3 is 2.87 bits per heavy atom. The number of rotatable bonds is 4. The van der Waals surface area contributed by atoms with Crippen LogP contribution in [0, 0.1) is 11.9 Å². The van der Waals surface area contributed by atoms with Crippen LogP contribution in [0.2, 0.25) is 0 Å². The van der Waals surface area contributed by atoms with E-state index >= 15 is 0 Å².